The Kier molecular flexibility index (Phi) is 4.67. The van der Waals surface area contributed by atoms with Crippen molar-refractivity contribution in [3.63, 3.8) is 0 Å². The Morgan fingerprint density at radius 2 is 2.04 bits per heavy atom. The average molecular weight is 365 g/mol. The van der Waals surface area contributed by atoms with E-state index in [2.05, 4.69) is 10.3 Å². The lowest BCUT2D eigenvalue weighted by atomic mass is 10.1. The minimum atomic E-state index is 0.00385. The van der Waals surface area contributed by atoms with Crippen LogP contribution in [-0.4, -0.2) is 34.3 Å². The molecule has 26 heavy (non-hydrogen) atoms. The lowest BCUT2D eigenvalue weighted by Gasteiger charge is -2.25. The topological polar surface area (TPSA) is 62.3 Å². The molecule has 1 aliphatic heterocycles. The van der Waals surface area contributed by atoms with E-state index >= 15 is 0 Å². The zero-order valence-corrected chi connectivity index (χ0v) is 15.0. The van der Waals surface area contributed by atoms with Crippen molar-refractivity contribution in [2.45, 2.75) is 25.4 Å². The van der Waals surface area contributed by atoms with Gasteiger partial charge in [-0.1, -0.05) is 18.2 Å². The molecule has 4 rings (SSSR count). The zero-order valence-electron chi connectivity index (χ0n) is 14.2. The first kappa shape index (κ1) is 16.7. The van der Waals surface area contributed by atoms with E-state index in [-0.39, 0.29) is 17.9 Å². The Balaban J connectivity index is 1.59. The van der Waals surface area contributed by atoms with Crippen LogP contribution in [0.1, 0.15) is 28.1 Å². The summed E-state index contributed by atoms with van der Waals surface area (Å²) in [6, 6.07) is 13.8. The molecule has 3 heterocycles. The fraction of sp³-hybridized carbons (Fsp3) is 0.250. The summed E-state index contributed by atoms with van der Waals surface area (Å²) in [7, 11) is 0. The van der Waals surface area contributed by atoms with Gasteiger partial charge in [0, 0.05) is 42.6 Å². The van der Waals surface area contributed by atoms with Gasteiger partial charge in [0.05, 0.1) is 4.88 Å². The maximum Gasteiger partial charge on any atom is 0.264 e. The summed E-state index contributed by atoms with van der Waals surface area (Å²) < 4.78 is 1.11. The normalized spacial score (nSPS) is 16.6. The maximum atomic E-state index is 13.2. The highest BCUT2D eigenvalue weighted by atomic mass is 32.1. The second-order valence-electron chi connectivity index (χ2n) is 6.49. The van der Waals surface area contributed by atoms with E-state index in [0.717, 1.165) is 26.9 Å². The number of benzene rings is 1. The highest BCUT2D eigenvalue weighted by Crippen LogP contribution is 2.27. The van der Waals surface area contributed by atoms with Crippen LogP contribution in [0.2, 0.25) is 0 Å². The Hall–Kier alpha value is -2.73. The Labute approximate surface area is 155 Å². The average Bonchev–Trinajstić information content (AvgIpc) is 3.27. The number of fused-ring (bicyclic) bond motifs is 1. The van der Waals surface area contributed by atoms with Gasteiger partial charge in [-0.2, -0.15) is 0 Å². The molecule has 1 aromatic carbocycles. The molecular weight excluding hydrogens is 346 g/mol. The number of pyridine rings is 1. The third kappa shape index (κ3) is 3.60. The van der Waals surface area contributed by atoms with Crippen LogP contribution in [0.3, 0.4) is 0 Å². The molecule has 6 heteroatoms. The second-order valence-corrected chi connectivity index (χ2v) is 7.58. The van der Waals surface area contributed by atoms with E-state index in [4.69, 9.17) is 0 Å². The number of carbonyl (C=O) groups excluding carboxylic acids is 2. The molecule has 1 N–H and O–H groups in total. The van der Waals surface area contributed by atoms with Gasteiger partial charge in [-0.15, -0.1) is 11.3 Å². The van der Waals surface area contributed by atoms with Gasteiger partial charge in [-0.25, -0.2) is 0 Å². The monoisotopic (exact) mass is 365 g/mol. The summed E-state index contributed by atoms with van der Waals surface area (Å²) >= 11 is 1.51. The van der Waals surface area contributed by atoms with Crippen LogP contribution in [0.4, 0.5) is 0 Å². The molecule has 1 saturated heterocycles. The lowest BCUT2D eigenvalue weighted by molar-refractivity contribution is -0.119. The fourth-order valence-corrected chi connectivity index (χ4v) is 4.28. The van der Waals surface area contributed by atoms with Crippen molar-refractivity contribution in [3.05, 3.63) is 65.3 Å². The van der Waals surface area contributed by atoms with Crippen molar-refractivity contribution in [1.29, 1.82) is 0 Å². The number of aromatic nitrogens is 1. The van der Waals surface area contributed by atoms with Crippen molar-refractivity contribution in [2.75, 3.05) is 6.54 Å². The van der Waals surface area contributed by atoms with Crippen LogP contribution in [-0.2, 0) is 11.3 Å². The number of nitrogens with one attached hydrogen (secondary N) is 1. The van der Waals surface area contributed by atoms with Gasteiger partial charge < -0.3 is 10.2 Å². The van der Waals surface area contributed by atoms with Crippen LogP contribution < -0.4 is 5.32 Å². The fourth-order valence-electron chi connectivity index (χ4n) is 3.25. The molecule has 2 amide bonds. The van der Waals surface area contributed by atoms with Crippen molar-refractivity contribution < 1.29 is 9.59 Å². The third-order valence-electron chi connectivity index (χ3n) is 4.57. The highest BCUT2D eigenvalue weighted by Gasteiger charge is 2.26. The number of thiophene rings is 1. The predicted molar refractivity (Wildman–Crippen MR) is 102 cm³/mol. The first-order valence-electron chi connectivity index (χ1n) is 8.65. The van der Waals surface area contributed by atoms with Crippen LogP contribution in [0.15, 0.2) is 54.9 Å². The van der Waals surface area contributed by atoms with Crippen LogP contribution in [0.25, 0.3) is 10.1 Å². The number of carbonyl (C=O) groups is 2. The van der Waals surface area contributed by atoms with E-state index in [9.17, 15) is 9.59 Å². The molecule has 5 nitrogen and oxygen atoms in total. The number of amides is 2. The first-order valence-corrected chi connectivity index (χ1v) is 9.47. The summed E-state index contributed by atoms with van der Waals surface area (Å²) in [5.74, 6) is 0.0670. The summed E-state index contributed by atoms with van der Waals surface area (Å²) in [6.07, 6.45) is 4.76. The van der Waals surface area contributed by atoms with Gasteiger partial charge in [0.1, 0.15) is 0 Å². The quantitative estimate of drug-likeness (QED) is 0.755. The van der Waals surface area contributed by atoms with Crippen molar-refractivity contribution in [3.8, 4) is 0 Å². The Morgan fingerprint density at radius 3 is 2.77 bits per heavy atom. The number of nitrogens with zero attached hydrogens (tertiary/aromatic N) is 2. The molecule has 0 spiro atoms. The largest absolute Gasteiger partial charge is 0.352 e. The standard InChI is InChI=1S/C20H19N3O2S/c24-19-6-5-16(22-19)13-23(12-14-7-9-21-10-8-14)20(25)18-11-15-3-1-2-4-17(15)26-18/h1-4,7-11,16H,5-6,12-13H2,(H,22,24)/t16-/m0/s1. The van der Waals surface area contributed by atoms with Gasteiger partial charge in [0.2, 0.25) is 5.91 Å². The SMILES string of the molecule is O=C1CC[C@@H](CN(Cc2ccncc2)C(=O)c2cc3ccccc3s2)N1. The van der Waals surface area contributed by atoms with E-state index in [1.807, 2.05) is 47.4 Å². The second kappa shape index (κ2) is 7.25. The van der Waals surface area contributed by atoms with Crippen molar-refractivity contribution >= 4 is 33.2 Å². The van der Waals surface area contributed by atoms with Crippen molar-refractivity contribution in [2.24, 2.45) is 0 Å². The van der Waals surface area contributed by atoms with E-state index in [0.29, 0.717) is 19.5 Å². The van der Waals surface area contributed by atoms with E-state index in [1.54, 1.807) is 12.4 Å². The molecular formula is C20H19N3O2S. The molecule has 1 aliphatic rings. The van der Waals surface area contributed by atoms with Gasteiger partial charge >= 0.3 is 0 Å². The molecule has 0 radical (unpaired) electrons. The zero-order chi connectivity index (χ0) is 17.9. The third-order valence-corrected chi connectivity index (χ3v) is 5.68. The van der Waals surface area contributed by atoms with Gasteiger partial charge in [-0.3, -0.25) is 14.6 Å². The maximum absolute atomic E-state index is 13.2. The van der Waals surface area contributed by atoms with Gasteiger partial charge in [-0.05, 0) is 41.6 Å². The lowest BCUT2D eigenvalue weighted by Crippen LogP contribution is -2.41. The highest BCUT2D eigenvalue weighted by molar-refractivity contribution is 7.20. The molecule has 1 fully saturated rings. The number of hydrogen-bond acceptors (Lipinski definition) is 4. The van der Waals surface area contributed by atoms with Gasteiger partial charge in [0.15, 0.2) is 0 Å². The summed E-state index contributed by atoms with van der Waals surface area (Å²) in [6.45, 7) is 1.02. The van der Waals surface area contributed by atoms with Crippen LogP contribution in [0, 0.1) is 0 Å². The molecule has 0 saturated carbocycles. The summed E-state index contributed by atoms with van der Waals surface area (Å²) in [5, 5.41) is 4.04. The van der Waals surface area contributed by atoms with E-state index < -0.39 is 0 Å². The molecule has 0 aliphatic carbocycles. The van der Waals surface area contributed by atoms with Gasteiger partial charge in [0.25, 0.3) is 5.91 Å². The minimum Gasteiger partial charge on any atom is -0.352 e. The van der Waals surface area contributed by atoms with E-state index in [1.165, 1.54) is 11.3 Å². The summed E-state index contributed by atoms with van der Waals surface area (Å²) in [4.78, 5) is 31.3. The van der Waals surface area contributed by atoms with Crippen molar-refractivity contribution in [1.82, 2.24) is 15.2 Å². The number of hydrogen-bond donors (Lipinski definition) is 1. The van der Waals surface area contributed by atoms with Crippen LogP contribution >= 0.6 is 11.3 Å². The molecule has 132 valence electrons. The molecule has 1 atom stereocenters. The Bertz CT molecular complexity index is 905. The first-order chi connectivity index (χ1) is 12.7. The van der Waals surface area contributed by atoms with Crippen LogP contribution in [0.5, 0.6) is 0 Å². The molecule has 2 aromatic heterocycles. The Morgan fingerprint density at radius 1 is 1.23 bits per heavy atom. The smallest absolute Gasteiger partial charge is 0.264 e. The summed E-state index contributed by atoms with van der Waals surface area (Å²) in [5.41, 5.74) is 1.03. The minimum absolute atomic E-state index is 0.00385. The molecule has 3 aromatic rings. The predicted octanol–water partition coefficient (Wildman–Crippen LogP) is 3.22. The number of rotatable bonds is 5. The molecule has 0 bridgehead atoms. The molecule has 0 unspecified atom stereocenters.